The van der Waals surface area contributed by atoms with Gasteiger partial charge in [-0.05, 0) is 49.6 Å². The number of sulfone groups is 1. The minimum absolute atomic E-state index is 0.217. The largest absolute Gasteiger partial charge is 0.344 e. The Morgan fingerprint density at radius 2 is 1.80 bits per heavy atom. The highest BCUT2D eigenvalue weighted by Crippen LogP contribution is 2.27. The van der Waals surface area contributed by atoms with Gasteiger partial charge in [-0.25, -0.2) is 8.42 Å². The molecule has 5 nitrogen and oxygen atoms in total. The van der Waals surface area contributed by atoms with Gasteiger partial charge in [-0.2, -0.15) is 0 Å². The van der Waals surface area contributed by atoms with E-state index >= 15 is 0 Å². The normalized spacial score (nSPS) is 14.0. The van der Waals surface area contributed by atoms with E-state index in [0.29, 0.717) is 5.56 Å². The number of amides is 1. The van der Waals surface area contributed by atoms with E-state index in [4.69, 9.17) is 5.73 Å². The third-order valence-corrected chi connectivity index (χ3v) is 5.17. The molecule has 0 aromatic heterocycles. The van der Waals surface area contributed by atoms with E-state index in [1.54, 1.807) is 31.2 Å². The van der Waals surface area contributed by atoms with Crippen molar-refractivity contribution in [3.05, 3.63) is 64.7 Å². The molecule has 2 aromatic carbocycles. The molecule has 1 amide bonds. The van der Waals surface area contributed by atoms with Gasteiger partial charge in [0.05, 0.1) is 17.0 Å². The van der Waals surface area contributed by atoms with E-state index in [0.717, 1.165) is 16.7 Å². The molecule has 0 spiro atoms. The fourth-order valence-corrected chi connectivity index (χ4v) is 3.36. The number of hydrogen-bond donors (Lipinski definition) is 2. The summed E-state index contributed by atoms with van der Waals surface area (Å²) in [6.45, 7) is 5.58. The van der Waals surface area contributed by atoms with Gasteiger partial charge in [0.1, 0.15) is 0 Å². The highest BCUT2D eigenvalue weighted by atomic mass is 32.2. The first-order valence-corrected chi connectivity index (χ1v) is 9.92. The molecule has 0 aliphatic carbocycles. The van der Waals surface area contributed by atoms with Crippen LogP contribution in [-0.2, 0) is 14.6 Å². The zero-order valence-corrected chi connectivity index (χ0v) is 15.7. The molecule has 0 radical (unpaired) electrons. The third kappa shape index (κ3) is 4.67. The quantitative estimate of drug-likeness (QED) is 0.856. The maximum absolute atomic E-state index is 12.2. The highest BCUT2D eigenvalue weighted by molar-refractivity contribution is 7.90. The molecule has 3 N–H and O–H groups in total. The Kier molecular flexibility index (Phi) is 5.65. The summed E-state index contributed by atoms with van der Waals surface area (Å²) in [5.74, 6) is -0.297. The molecular weight excluding hydrogens is 336 g/mol. The first-order valence-electron chi connectivity index (χ1n) is 8.02. The molecular formula is C19H24N2O3S. The Morgan fingerprint density at radius 3 is 2.36 bits per heavy atom. The summed E-state index contributed by atoms with van der Waals surface area (Å²) < 4.78 is 23.8. The van der Waals surface area contributed by atoms with Crippen molar-refractivity contribution >= 4 is 15.7 Å². The Morgan fingerprint density at radius 1 is 1.12 bits per heavy atom. The number of carbonyl (C=O) groups is 1. The van der Waals surface area contributed by atoms with Crippen molar-refractivity contribution in [2.75, 3.05) is 6.26 Å². The van der Waals surface area contributed by atoms with Gasteiger partial charge in [0.15, 0.2) is 9.84 Å². The number of aryl methyl sites for hydroxylation is 2. The molecule has 0 heterocycles. The van der Waals surface area contributed by atoms with Crippen molar-refractivity contribution in [2.24, 2.45) is 5.73 Å². The highest BCUT2D eigenvalue weighted by Gasteiger charge is 2.21. The lowest BCUT2D eigenvalue weighted by atomic mass is 9.93. The van der Waals surface area contributed by atoms with Gasteiger partial charge in [-0.1, -0.05) is 35.9 Å². The second kappa shape index (κ2) is 7.37. The molecule has 0 aliphatic heterocycles. The van der Waals surface area contributed by atoms with E-state index in [2.05, 4.69) is 5.32 Å². The van der Waals surface area contributed by atoms with E-state index in [1.165, 1.54) is 6.26 Å². The lowest BCUT2D eigenvalue weighted by Crippen LogP contribution is -2.40. The second-order valence-electron chi connectivity index (χ2n) is 6.43. The molecule has 2 rings (SSSR count). The van der Waals surface area contributed by atoms with Crippen LogP contribution in [0.25, 0.3) is 0 Å². The smallest absolute Gasteiger partial charge is 0.237 e. The van der Waals surface area contributed by atoms with Crippen molar-refractivity contribution in [2.45, 2.75) is 37.8 Å². The zero-order chi connectivity index (χ0) is 18.8. The summed E-state index contributed by atoms with van der Waals surface area (Å²) in [6, 6.07) is 11.4. The zero-order valence-electron chi connectivity index (χ0n) is 14.9. The molecule has 1 unspecified atom stereocenters. The lowest BCUT2D eigenvalue weighted by Gasteiger charge is -2.23. The fraction of sp³-hybridized carbons (Fsp3) is 0.316. The van der Waals surface area contributed by atoms with Crippen molar-refractivity contribution in [3.63, 3.8) is 0 Å². The van der Waals surface area contributed by atoms with Crippen molar-refractivity contribution in [3.8, 4) is 0 Å². The topological polar surface area (TPSA) is 89.3 Å². The van der Waals surface area contributed by atoms with Crippen LogP contribution < -0.4 is 11.1 Å². The van der Waals surface area contributed by atoms with Gasteiger partial charge >= 0.3 is 0 Å². The second-order valence-corrected chi connectivity index (χ2v) is 8.45. The van der Waals surface area contributed by atoms with Crippen molar-refractivity contribution in [1.29, 1.82) is 0 Å². The first-order chi connectivity index (χ1) is 11.6. The summed E-state index contributed by atoms with van der Waals surface area (Å²) in [7, 11) is -3.34. The predicted octanol–water partition coefficient (Wildman–Crippen LogP) is 2.26. The van der Waals surface area contributed by atoms with E-state index < -0.39 is 21.9 Å². The van der Waals surface area contributed by atoms with Crippen molar-refractivity contribution < 1.29 is 13.2 Å². The van der Waals surface area contributed by atoms with Gasteiger partial charge in [-0.3, -0.25) is 4.79 Å². The maximum Gasteiger partial charge on any atom is 0.237 e. The predicted molar refractivity (Wildman–Crippen MR) is 99.1 cm³/mol. The summed E-state index contributed by atoms with van der Waals surface area (Å²) >= 11 is 0. The number of carbonyl (C=O) groups excluding carboxylic acids is 1. The van der Waals surface area contributed by atoms with E-state index in [1.807, 2.05) is 32.0 Å². The number of benzene rings is 2. The average Bonchev–Trinajstić information content (AvgIpc) is 2.52. The maximum atomic E-state index is 12.2. The van der Waals surface area contributed by atoms with Gasteiger partial charge in [0, 0.05) is 6.26 Å². The minimum atomic E-state index is -3.34. The molecule has 0 bridgehead atoms. The molecule has 0 aliphatic rings. The standard InChI is InChI=1S/C19H24N2O3S/c1-12-8-9-17(13(2)10-12)18(21-19(22)14(3)20)15-6-5-7-16(11-15)25(4,23)24/h5-11,14,18H,20H2,1-4H3,(H,21,22)/t14-,18?/m1/s1. The first kappa shape index (κ1) is 19.1. The lowest BCUT2D eigenvalue weighted by molar-refractivity contribution is -0.122. The molecule has 25 heavy (non-hydrogen) atoms. The molecule has 134 valence electrons. The molecule has 0 saturated heterocycles. The summed E-state index contributed by atoms with van der Waals surface area (Å²) in [5, 5.41) is 2.93. The Balaban J connectivity index is 2.57. The van der Waals surface area contributed by atoms with Crippen LogP contribution in [0.1, 0.15) is 35.2 Å². The molecule has 6 heteroatoms. The molecule has 2 atom stereocenters. The van der Waals surface area contributed by atoms with Crippen LogP contribution in [0.3, 0.4) is 0 Å². The third-order valence-electron chi connectivity index (χ3n) is 4.06. The molecule has 0 fully saturated rings. The summed E-state index contributed by atoms with van der Waals surface area (Å²) in [4.78, 5) is 12.4. The SMILES string of the molecule is Cc1ccc(C(NC(=O)[C@@H](C)N)c2cccc(S(C)(=O)=O)c2)c(C)c1. The van der Waals surface area contributed by atoms with E-state index in [-0.39, 0.29) is 10.8 Å². The molecule has 0 saturated carbocycles. The van der Waals surface area contributed by atoms with Gasteiger partial charge < -0.3 is 11.1 Å². The Bertz CT molecular complexity index is 889. The van der Waals surface area contributed by atoms with Crippen LogP contribution in [0.2, 0.25) is 0 Å². The van der Waals surface area contributed by atoms with Gasteiger partial charge in [0.25, 0.3) is 0 Å². The Labute approximate surface area is 149 Å². The Hall–Kier alpha value is -2.18. The van der Waals surface area contributed by atoms with Crippen LogP contribution in [0.4, 0.5) is 0 Å². The monoisotopic (exact) mass is 360 g/mol. The molecule has 2 aromatic rings. The summed E-state index contributed by atoms with van der Waals surface area (Å²) in [6.07, 6.45) is 1.17. The summed E-state index contributed by atoms with van der Waals surface area (Å²) in [5.41, 5.74) is 9.43. The van der Waals surface area contributed by atoms with Crippen LogP contribution in [0.15, 0.2) is 47.4 Å². The van der Waals surface area contributed by atoms with Gasteiger partial charge in [-0.15, -0.1) is 0 Å². The minimum Gasteiger partial charge on any atom is -0.344 e. The van der Waals surface area contributed by atoms with Crippen LogP contribution in [-0.4, -0.2) is 26.6 Å². The average molecular weight is 360 g/mol. The number of nitrogens with one attached hydrogen (secondary N) is 1. The fourth-order valence-electron chi connectivity index (χ4n) is 2.69. The number of hydrogen-bond acceptors (Lipinski definition) is 4. The van der Waals surface area contributed by atoms with E-state index in [9.17, 15) is 13.2 Å². The van der Waals surface area contributed by atoms with Crippen LogP contribution >= 0.6 is 0 Å². The number of nitrogens with two attached hydrogens (primary N) is 1. The number of rotatable bonds is 5. The van der Waals surface area contributed by atoms with Crippen molar-refractivity contribution in [1.82, 2.24) is 5.32 Å². The van der Waals surface area contributed by atoms with Crippen LogP contribution in [0, 0.1) is 13.8 Å². The van der Waals surface area contributed by atoms with Crippen LogP contribution in [0.5, 0.6) is 0 Å². The van der Waals surface area contributed by atoms with Gasteiger partial charge in [0.2, 0.25) is 5.91 Å².